The van der Waals surface area contributed by atoms with Crippen LogP contribution in [-0.4, -0.2) is 44.2 Å². The normalized spacial score (nSPS) is 16.8. The molecule has 1 aromatic rings. The first-order chi connectivity index (χ1) is 9.58. The highest BCUT2D eigenvalue weighted by Crippen LogP contribution is 2.27. The number of benzene rings is 1. The van der Waals surface area contributed by atoms with Gasteiger partial charge in [0.25, 0.3) is 0 Å². The van der Waals surface area contributed by atoms with Crippen molar-refractivity contribution in [3.63, 3.8) is 0 Å². The predicted octanol–water partition coefficient (Wildman–Crippen LogP) is 2.56. The van der Waals surface area contributed by atoms with Crippen molar-refractivity contribution in [2.24, 2.45) is 0 Å². The zero-order valence-corrected chi connectivity index (χ0v) is 12.5. The van der Waals surface area contributed by atoms with E-state index < -0.39 is 0 Å². The monoisotopic (exact) mass is 297 g/mol. The number of rotatable bonds is 3. The van der Waals surface area contributed by atoms with E-state index in [9.17, 15) is 4.79 Å². The Hall–Kier alpha value is -1.46. The molecule has 0 aliphatic carbocycles. The van der Waals surface area contributed by atoms with E-state index >= 15 is 0 Å². The van der Waals surface area contributed by atoms with Gasteiger partial charge >= 0.3 is 6.03 Å². The Kier molecular flexibility index (Phi) is 5.09. The molecule has 1 fully saturated rings. The van der Waals surface area contributed by atoms with Crippen molar-refractivity contribution < 1.29 is 9.53 Å². The predicted molar refractivity (Wildman–Crippen MR) is 80.7 cm³/mol. The number of anilines is 1. The van der Waals surface area contributed by atoms with E-state index in [1.54, 1.807) is 25.3 Å². The molecule has 0 radical (unpaired) electrons. The zero-order chi connectivity index (χ0) is 14.5. The van der Waals surface area contributed by atoms with Crippen LogP contribution in [0.3, 0.4) is 0 Å². The van der Waals surface area contributed by atoms with Gasteiger partial charge in [-0.05, 0) is 51.2 Å². The Balaban J connectivity index is 1.92. The molecule has 2 rings (SSSR count). The standard InChI is InChI=1S/C14H20ClN3O2/c1-18-7-5-11(6-8-18)16-14(19)17-12-9-10(15)3-4-13(12)20-2/h3-4,9,11H,5-8H2,1-2H3,(H2,16,17,19). The molecule has 20 heavy (non-hydrogen) atoms. The molecule has 110 valence electrons. The van der Waals surface area contributed by atoms with Crippen LogP contribution in [0.5, 0.6) is 5.75 Å². The Morgan fingerprint density at radius 2 is 2.10 bits per heavy atom. The van der Waals surface area contributed by atoms with E-state index in [1.807, 2.05) is 0 Å². The molecule has 2 amide bonds. The van der Waals surface area contributed by atoms with Crippen molar-refractivity contribution in [3.8, 4) is 5.75 Å². The summed E-state index contributed by atoms with van der Waals surface area (Å²) < 4.78 is 5.20. The number of carbonyl (C=O) groups excluding carboxylic acids is 1. The quantitative estimate of drug-likeness (QED) is 0.901. The number of amides is 2. The number of hydrogen-bond acceptors (Lipinski definition) is 3. The summed E-state index contributed by atoms with van der Waals surface area (Å²) in [6.45, 7) is 2.01. The van der Waals surface area contributed by atoms with Gasteiger partial charge in [-0.25, -0.2) is 4.79 Å². The van der Waals surface area contributed by atoms with Crippen LogP contribution >= 0.6 is 11.6 Å². The highest BCUT2D eigenvalue weighted by atomic mass is 35.5. The molecule has 0 spiro atoms. The van der Waals surface area contributed by atoms with Gasteiger partial charge in [0, 0.05) is 11.1 Å². The van der Waals surface area contributed by atoms with Crippen LogP contribution in [0.2, 0.25) is 5.02 Å². The minimum atomic E-state index is -0.222. The highest BCUT2D eigenvalue weighted by molar-refractivity contribution is 6.31. The number of likely N-dealkylation sites (tertiary alicyclic amines) is 1. The maximum Gasteiger partial charge on any atom is 0.319 e. The molecule has 0 saturated carbocycles. The van der Waals surface area contributed by atoms with Crippen molar-refractivity contribution in [1.29, 1.82) is 0 Å². The third kappa shape index (κ3) is 4.02. The zero-order valence-electron chi connectivity index (χ0n) is 11.8. The molecule has 0 atom stereocenters. The third-order valence-corrected chi connectivity index (χ3v) is 3.70. The van der Waals surface area contributed by atoms with Crippen LogP contribution in [0.25, 0.3) is 0 Å². The Morgan fingerprint density at radius 1 is 1.40 bits per heavy atom. The lowest BCUT2D eigenvalue weighted by Crippen LogP contribution is -2.44. The van der Waals surface area contributed by atoms with E-state index in [0.29, 0.717) is 16.5 Å². The van der Waals surface area contributed by atoms with E-state index in [-0.39, 0.29) is 12.1 Å². The minimum absolute atomic E-state index is 0.219. The topological polar surface area (TPSA) is 53.6 Å². The molecule has 0 unspecified atom stereocenters. The second kappa shape index (κ2) is 6.81. The van der Waals surface area contributed by atoms with Crippen molar-refractivity contribution in [1.82, 2.24) is 10.2 Å². The summed E-state index contributed by atoms with van der Waals surface area (Å²) in [6, 6.07) is 5.12. The summed E-state index contributed by atoms with van der Waals surface area (Å²) in [5, 5.41) is 6.33. The van der Waals surface area contributed by atoms with Gasteiger partial charge in [0.2, 0.25) is 0 Å². The minimum Gasteiger partial charge on any atom is -0.495 e. The number of hydrogen-bond donors (Lipinski definition) is 2. The van der Waals surface area contributed by atoms with Gasteiger partial charge in [0.05, 0.1) is 12.8 Å². The summed E-state index contributed by atoms with van der Waals surface area (Å²) in [7, 11) is 3.65. The first-order valence-corrected chi connectivity index (χ1v) is 7.06. The number of piperidine rings is 1. The molecule has 1 aliphatic heterocycles. The summed E-state index contributed by atoms with van der Waals surface area (Å²) in [4.78, 5) is 14.3. The van der Waals surface area contributed by atoms with Gasteiger partial charge in [0.1, 0.15) is 5.75 Å². The van der Waals surface area contributed by atoms with Crippen LogP contribution in [0.4, 0.5) is 10.5 Å². The summed E-state index contributed by atoms with van der Waals surface area (Å²) in [5.41, 5.74) is 0.574. The molecule has 0 bridgehead atoms. The van der Waals surface area contributed by atoms with E-state index in [0.717, 1.165) is 25.9 Å². The fourth-order valence-corrected chi connectivity index (χ4v) is 2.45. The lowest BCUT2D eigenvalue weighted by atomic mass is 10.1. The smallest absolute Gasteiger partial charge is 0.319 e. The lowest BCUT2D eigenvalue weighted by Gasteiger charge is -2.29. The molecule has 1 aliphatic rings. The first-order valence-electron chi connectivity index (χ1n) is 6.68. The number of nitrogens with zero attached hydrogens (tertiary/aromatic N) is 1. The molecular formula is C14H20ClN3O2. The van der Waals surface area contributed by atoms with Gasteiger partial charge < -0.3 is 20.3 Å². The summed E-state index contributed by atoms with van der Waals surface area (Å²) in [5.74, 6) is 0.591. The number of ether oxygens (including phenoxy) is 1. The van der Waals surface area contributed by atoms with Gasteiger partial charge in [0.15, 0.2) is 0 Å². The fourth-order valence-electron chi connectivity index (χ4n) is 2.27. The molecule has 5 nitrogen and oxygen atoms in total. The Labute approximate surface area is 124 Å². The number of nitrogens with one attached hydrogen (secondary N) is 2. The second-order valence-electron chi connectivity index (χ2n) is 5.02. The SMILES string of the molecule is COc1ccc(Cl)cc1NC(=O)NC1CCN(C)CC1. The Morgan fingerprint density at radius 3 is 2.75 bits per heavy atom. The fraction of sp³-hybridized carbons (Fsp3) is 0.500. The molecule has 0 aromatic heterocycles. The maximum atomic E-state index is 12.0. The largest absolute Gasteiger partial charge is 0.495 e. The van der Waals surface area contributed by atoms with Crippen molar-refractivity contribution in [3.05, 3.63) is 23.2 Å². The Bertz CT molecular complexity index is 473. The number of halogens is 1. The van der Waals surface area contributed by atoms with Gasteiger partial charge in [-0.15, -0.1) is 0 Å². The number of methoxy groups -OCH3 is 1. The maximum absolute atomic E-state index is 12.0. The summed E-state index contributed by atoms with van der Waals surface area (Å²) >= 11 is 5.93. The number of urea groups is 1. The van der Waals surface area contributed by atoms with Crippen LogP contribution < -0.4 is 15.4 Å². The van der Waals surface area contributed by atoms with Gasteiger partial charge in [-0.1, -0.05) is 11.6 Å². The molecule has 2 N–H and O–H groups in total. The molecule has 1 aromatic carbocycles. The molecule has 1 heterocycles. The molecule has 6 heteroatoms. The van der Waals surface area contributed by atoms with Crippen molar-refractivity contribution >= 4 is 23.3 Å². The molecule has 1 saturated heterocycles. The van der Waals surface area contributed by atoms with E-state index in [2.05, 4.69) is 22.6 Å². The number of carbonyl (C=O) groups is 1. The lowest BCUT2D eigenvalue weighted by molar-refractivity contribution is 0.221. The van der Waals surface area contributed by atoms with Crippen LogP contribution in [-0.2, 0) is 0 Å². The van der Waals surface area contributed by atoms with Crippen LogP contribution in [0, 0.1) is 0 Å². The average molecular weight is 298 g/mol. The van der Waals surface area contributed by atoms with Crippen molar-refractivity contribution in [2.75, 3.05) is 32.6 Å². The van der Waals surface area contributed by atoms with E-state index in [4.69, 9.17) is 16.3 Å². The van der Waals surface area contributed by atoms with Crippen LogP contribution in [0.1, 0.15) is 12.8 Å². The third-order valence-electron chi connectivity index (χ3n) is 3.46. The van der Waals surface area contributed by atoms with Crippen molar-refractivity contribution in [2.45, 2.75) is 18.9 Å². The van der Waals surface area contributed by atoms with E-state index in [1.165, 1.54) is 0 Å². The van der Waals surface area contributed by atoms with Gasteiger partial charge in [-0.3, -0.25) is 0 Å². The van der Waals surface area contributed by atoms with Crippen LogP contribution in [0.15, 0.2) is 18.2 Å². The van der Waals surface area contributed by atoms with Gasteiger partial charge in [-0.2, -0.15) is 0 Å². The highest BCUT2D eigenvalue weighted by Gasteiger charge is 2.18. The summed E-state index contributed by atoms with van der Waals surface area (Å²) in [6.07, 6.45) is 1.94. The first kappa shape index (κ1) is 14.9. The second-order valence-corrected chi connectivity index (χ2v) is 5.46. The molecular weight excluding hydrogens is 278 g/mol. The average Bonchev–Trinajstić information content (AvgIpc) is 2.41.